The Balaban J connectivity index is 2.01. The van der Waals surface area contributed by atoms with Crippen LogP contribution >= 0.6 is 15.9 Å². The standard InChI is InChI=1S/C13H21BrN2O/c14-10-6-4-2-1-3-5-7-12-16-13(17)9-8-11-15-16/h8-9,11H,1-7,10,12H2. The van der Waals surface area contributed by atoms with Crippen LogP contribution in [0.1, 0.15) is 44.9 Å². The molecule has 0 aliphatic rings. The molecule has 0 aromatic carbocycles. The highest BCUT2D eigenvalue weighted by atomic mass is 79.9. The van der Waals surface area contributed by atoms with Crippen molar-refractivity contribution in [1.29, 1.82) is 0 Å². The van der Waals surface area contributed by atoms with E-state index in [1.807, 2.05) is 0 Å². The van der Waals surface area contributed by atoms with Gasteiger partial charge in [-0.2, -0.15) is 5.10 Å². The smallest absolute Gasteiger partial charge is 0.266 e. The average Bonchev–Trinajstić information content (AvgIpc) is 2.35. The van der Waals surface area contributed by atoms with Gasteiger partial charge in [-0.05, 0) is 18.9 Å². The number of halogens is 1. The minimum absolute atomic E-state index is 0.00446. The number of hydrogen-bond acceptors (Lipinski definition) is 2. The maximum atomic E-state index is 11.4. The molecule has 0 amide bonds. The number of aromatic nitrogens is 2. The van der Waals surface area contributed by atoms with Gasteiger partial charge in [0.25, 0.3) is 5.56 Å². The SMILES string of the molecule is O=c1cccnn1CCCCCCCCCBr. The lowest BCUT2D eigenvalue weighted by Gasteiger charge is -2.03. The molecule has 0 aliphatic heterocycles. The topological polar surface area (TPSA) is 34.9 Å². The van der Waals surface area contributed by atoms with E-state index >= 15 is 0 Å². The van der Waals surface area contributed by atoms with E-state index < -0.39 is 0 Å². The predicted octanol–water partition coefficient (Wildman–Crippen LogP) is 3.37. The fraction of sp³-hybridized carbons (Fsp3) is 0.692. The van der Waals surface area contributed by atoms with Crippen molar-refractivity contribution in [3.8, 4) is 0 Å². The van der Waals surface area contributed by atoms with Gasteiger partial charge in [-0.25, -0.2) is 4.68 Å². The normalized spacial score (nSPS) is 10.6. The van der Waals surface area contributed by atoms with Gasteiger partial charge in [-0.3, -0.25) is 4.79 Å². The molecular formula is C13H21BrN2O. The summed E-state index contributed by atoms with van der Waals surface area (Å²) in [5, 5.41) is 5.16. The molecule has 0 atom stereocenters. The Labute approximate surface area is 111 Å². The molecule has 0 N–H and O–H groups in total. The van der Waals surface area contributed by atoms with Crippen LogP contribution in [-0.4, -0.2) is 15.1 Å². The molecule has 1 aromatic heterocycles. The Morgan fingerprint density at radius 3 is 2.35 bits per heavy atom. The van der Waals surface area contributed by atoms with Crippen molar-refractivity contribution < 1.29 is 0 Å². The van der Waals surface area contributed by atoms with Gasteiger partial charge in [0.05, 0.1) is 0 Å². The Hall–Kier alpha value is -0.640. The third-order valence-corrected chi connectivity index (χ3v) is 3.35. The van der Waals surface area contributed by atoms with Crippen molar-refractivity contribution in [1.82, 2.24) is 9.78 Å². The van der Waals surface area contributed by atoms with Gasteiger partial charge in [0, 0.05) is 24.1 Å². The molecule has 0 bridgehead atoms. The third-order valence-electron chi connectivity index (χ3n) is 2.79. The highest BCUT2D eigenvalue weighted by Gasteiger charge is 1.95. The summed E-state index contributed by atoms with van der Waals surface area (Å²) < 4.78 is 1.55. The summed E-state index contributed by atoms with van der Waals surface area (Å²) in [5.74, 6) is 0. The molecule has 1 rings (SSSR count). The first-order chi connectivity index (χ1) is 8.34. The molecule has 0 aliphatic carbocycles. The van der Waals surface area contributed by atoms with Crippen LogP contribution in [-0.2, 0) is 6.54 Å². The summed E-state index contributed by atoms with van der Waals surface area (Å²) in [6.07, 6.45) is 10.4. The molecule has 4 heteroatoms. The highest BCUT2D eigenvalue weighted by Crippen LogP contribution is 2.08. The van der Waals surface area contributed by atoms with Crippen molar-refractivity contribution in [3.05, 3.63) is 28.7 Å². The number of aryl methyl sites for hydroxylation is 1. The van der Waals surface area contributed by atoms with Gasteiger partial charge in [0.1, 0.15) is 0 Å². The summed E-state index contributed by atoms with van der Waals surface area (Å²) in [4.78, 5) is 11.4. The Bertz CT molecular complexity index is 351. The molecule has 0 saturated carbocycles. The first-order valence-electron chi connectivity index (χ1n) is 6.42. The summed E-state index contributed by atoms with van der Waals surface area (Å²) in [6, 6.07) is 3.25. The zero-order valence-electron chi connectivity index (χ0n) is 10.3. The van der Waals surface area contributed by atoms with Crippen LogP contribution < -0.4 is 5.56 Å². The number of rotatable bonds is 9. The Morgan fingerprint density at radius 2 is 1.71 bits per heavy atom. The molecule has 3 nitrogen and oxygen atoms in total. The van der Waals surface area contributed by atoms with Crippen LogP contribution in [0.5, 0.6) is 0 Å². The largest absolute Gasteiger partial charge is 0.268 e. The number of nitrogens with zero attached hydrogens (tertiary/aromatic N) is 2. The Kier molecular flexibility index (Phi) is 7.97. The first kappa shape index (κ1) is 14.4. The zero-order chi connectivity index (χ0) is 12.3. The van der Waals surface area contributed by atoms with Gasteiger partial charge >= 0.3 is 0 Å². The van der Waals surface area contributed by atoms with Crippen LogP contribution in [0.25, 0.3) is 0 Å². The van der Waals surface area contributed by atoms with Gasteiger partial charge in [-0.15, -0.1) is 0 Å². The van der Waals surface area contributed by atoms with Gasteiger partial charge in [-0.1, -0.05) is 48.0 Å². The summed E-state index contributed by atoms with van der Waals surface area (Å²) in [6.45, 7) is 0.751. The Morgan fingerprint density at radius 1 is 1.06 bits per heavy atom. The molecule has 1 heterocycles. The van der Waals surface area contributed by atoms with E-state index in [2.05, 4.69) is 21.0 Å². The van der Waals surface area contributed by atoms with Crippen LogP contribution in [0.15, 0.2) is 23.1 Å². The van der Waals surface area contributed by atoms with Crippen LogP contribution in [0.3, 0.4) is 0 Å². The lowest BCUT2D eigenvalue weighted by Crippen LogP contribution is -2.21. The van der Waals surface area contributed by atoms with Crippen LogP contribution in [0, 0.1) is 0 Å². The predicted molar refractivity (Wildman–Crippen MR) is 74.6 cm³/mol. The molecule has 0 unspecified atom stereocenters. The second kappa shape index (κ2) is 9.40. The molecule has 0 fully saturated rings. The van der Waals surface area contributed by atoms with E-state index in [0.717, 1.165) is 18.3 Å². The van der Waals surface area contributed by atoms with E-state index in [1.54, 1.807) is 23.0 Å². The van der Waals surface area contributed by atoms with E-state index in [1.165, 1.54) is 38.5 Å². The average molecular weight is 301 g/mol. The number of alkyl halides is 1. The molecule has 1 aromatic rings. The van der Waals surface area contributed by atoms with Gasteiger partial charge in [0.2, 0.25) is 0 Å². The lowest BCUT2D eigenvalue weighted by atomic mass is 10.1. The number of unbranched alkanes of at least 4 members (excludes halogenated alkanes) is 6. The second-order valence-corrected chi connectivity index (χ2v) is 5.04. The minimum atomic E-state index is 0.00446. The summed E-state index contributed by atoms with van der Waals surface area (Å²) in [5.41, 5.74) is 0.00446. The van der Waals surface area contributed by atoms with Crippen molar-refractivity contribution in [2.75, 3.05) is 5.33 Å². The van der Waals surface area contributed by atoms with E-state index in [9.17, 15) is 4.79 Å². The van der Waals surface area contributed by atoms with Crippen molar-refractivity contribution >= 4 is 15.9 Å². The van der Waals surface area contributed by atoms with E-state index in [-0.39, 0.29) is 5.56 Å². The van der Waals surface area contributed by atoms with Gasteiger partial charge < -0.3 is 0 Å². The quantitative estimate of drug-likeness (QED) is 0.518. The summed E-state index contributed by atoms with van der Waals surface area (Å²) in [7, 11) is 0. The fourth-order valence-corrected chi connectivity index (χ4v) is 2.19. The summed E-state index contributed by atoms with van der Waals surface area (Å²) >= 11 is 3.44. The van der Waals surface area contributed by atoms with Gasteiger partial charge in [0.15, 0.2) is 0 Å². The second-order valence-electron chi connectivity index (χ2n) is 4.25. The fourth-order valence-electron chi connectivity index (χ4n) is 1.80. The highest BCUT2D eigenvalue weighted by molar-refractivity contribution is 9.09. The minimum Gasteiger partial charge on any atom is -0.268 e. The van der Waals surface area contributed by atoms with Crippen molar-refractivity contribution in [3.63, 3.8) is 0 Å². The van der Waals surface area contributed by atoms with E-state index in [0.29, 0.717) is 0 Å². The van der Waals surface area contributed by atoms with Crippen molar-refractivity contribution in [2.24, 2.45) is 0 Å². The number of hydrogen-bond donors (Lipinski definition) is 0. The molecule has 96 valence electrons. The molecular weight excluding hydrogens is 280 g/mol. The lowest BCUT2D eigenvalue weighted by molar-refractivity contribution is 0.506. The molecule has 0 saturated heterocycles. The van der Waals surface area contributed by atoms with Crippen molar-refractivity contribution in [2.45, 2.75) is 51.5 Å². The van der Waals surface area contributed by atoms with Crippen LogP contribution in [0.4, 0.5) is 0 Å². The maximum Gasteiger partial charge on any atom is 0.266 e. The zero-order valence-corrected chi connectivity index (χ0v) is 11.9. The first-order valence-corrected chi connectivity index (χ1v) is 7.55. The molecule has 17 heavy (non-hydrogen) atoms. The molecule has 0 spiro atoms. The maximum absolute atomic E-state index is 11.4. The van der Waals surface area contributed by atoms with E-state index in [4.69, 9.17) is 0 Å². The third kappa shape index (κ3) is 6.61. The monoisotopic (exact) mass is 300 g/mol. The molecule has 0 radical (unpaired) electrons. The van der Waals surface area contributed by atoms with Crippen LogP contribution in [0.2, 0.25) is 0 Å².